The summed E-state index contributed by atoms with van der Waals surface area (Å²) in [6, 6.07) is 11.6. The first-order valence-electron chi connectivity index (χ1n) is 11.2. The second kappa shape index (κ2) is 11.7. The Morgan fingerprint density at radius 3 is 2.24 bits per heavy atom. The van der Waals surface area contributed by atoms with Crippen LogP contribution >= 0.6 is 11.6 Å². The summed E-state index contributed by atoms with van der Waals surface area (Å²) in [6.45, 7) is 9.56. The minimum absolute atomic E-state index is 0.175. The molecular formula is C25H34ClN3O4S. The van der Waals surface area contributed by atoms with Gasteiger partial charge >= 0.3 is 0 Å². The van der Waals surface area contributed by atoms with Crippen molar-refractivity contribution in [3.63, 3.8) is 0 Å². The van der Waals surface area contributed by atoms with Gasteiger partial charge in [0.15, 0.2) is 0 Å². The molecule has 0 aromatic heterocycles. The lowest BCUT2D eigenvalue weighted by molar-refractivity contribution is -0.139. The lowest BCUT2D eigenvalue weighted by Gasteiger charge is -2.32. The number of nitrogens with one attached hydrogen (secondary N) is 1. The van der Waals surface area contributed by atoms with Gasteiger partial charge in [-0.15, -0.1) is 0 Å². The van der Waals surface area contributed by atoms with Crippen molar-refractivity contribution in [1.29, 1.82) is 0 Å². The monoisotopic (exact) mass is 507 g/mol. The zero-order valence-corrected chi connectivity index (χ0v) is 22.2. The molecular weight excluding hydrogens is 474 g/mol. The molecule has 1 N–H and O–H groups in total. The van der Waals surface area contributed by atoms with Crippen LogP contribution in [0.25, 0.3) is 0 Å². The van der Waals surface area contributed by atoms with Gasteiger partial charge in [-0.25, -0.2) is 8.42 Å². The van der Waals surface area contributed by atoms with Crippen LogP contribution in [0.2, 0.25) is 5.02 Å². The second-order valence-electron chi connectivity index (χ2n) is 8.97. The standard InChI is InChI=1S/C25H34ClN3O4S/c1-17(2)14-27-25(31)20(5)28(15-21-10-8-7-9-18(21)3)24(30)16-29(34(6,32)33)22-12-11-19(4)23(26)13-22/h7-13,17,20H,14-16H2,1-6H3,(H,27,31). The van der Waals surface area contributed by atoms with Crippen molar-refractivity contribution in [1.82, 2.24) is 10.2 Å². The number of carbonyl (C=O) groups excluding carboxylic acids is 2. The molecule has 1 atom stereocenters. The predicted molar refractivity (Wildman–Crippen MR) is 137 cm³/mol. The number of anilines is 1. The summed E-state index contributed by atoms with van der Waals surface area (Å²) in [6.07, 6.45) is 1.04. The molecule has 186 valence electrons. The van der Waals surface area contributed by atoms with Crippen LogP contribution in [0.1, 0.15) is 37.5 Å². The second-order valence-corrected chi connectivity index (χ2v) is 11.3. The highest BCUT2D eigenvalue weighted by Gasteiger charge is 2.30. The SMILES string of the molecule is Cc1ccc(N(CC(=O)N(Cc2ccccc2C)C(C)C(=O)NCC(C)C)S(C)(=O)=O)cc1Cl. The molecule has 34 heavy (non-hydrogen) atoms. The number of benzene rings is 2. The smallest absolute Gasteiger partial charge is 0.244 e. The normalized spacial score (nSPS) is 12.4. The number of aryl methyl sites for hydroxylation is 2. The van der Waals surface area contributed by atoms with Gasteiger partial charge in [-0.3, -0.25) is 13.9 Å². The van der Waals surface area contributed by atoms with Crippen molar-refractivity contribution in [3.8, 4) is 0 Å². The van der Waals surface area contributed by atoms with E-state index >= 15 is 0 Å². The molecule has 0 saturated carbocycles. The van der Waals surface area contributed by atoms with E-state index in [9.17, 15) is 18.0 Å². The molecule has 0 aliphatic carbocycles. The van der Waals surface area contributed by atoms with Crippen molar-refractivity contribution in [2.24, 2.45) is 5.92 Å². The van der Waals surface area contributed by atoms with E-state index in [-0.39, 0.29) is 18.4 Å². The summed E-state index contributed by atoms with van der Waals surface area (Å²) in [5.41, 5.74) is 2.94. The molecule has 2 rings (SSSR count). The molecule has 7 nitrogen and oxygen atoms in total. The average molecular weight is 508 g/mol. The van der Waals surface area contributed by atoms with E-state index < -0.39 is 28.5 Å². The summed E-state index contributed by atoms with van der Waals surface area (Å²) >= 11 is 6.21. The Kier molecular flexibility index (Phi) is 9.53. The number of hydrogen-bond donors (Lipinski definition) is 1. The Labute approximate surface area is 208 Å². The van der Waals surface area contributed by atoms with Crippen LogP contribution in [0.3, 0.4) is 0 Å². The minimum atomic E-state index is -3.80. The molecule has 0 saturated heterocycles. The minimum Gasteiger partial charge on any atom is -0.354 e. The topological polar surface area (TPSA) is 86.8 Å². The van der Waals surface area contributed by atoms with E-state index in [0.29, 0.717) is 17.3 Å². The molecule has 9 heteroatoms. The van der Waals surface area contributed by atoms with Gasteiger partial charge in [0.05, 0.1) is 11.9 Å². The third kappa shape index (κ3) is 7.46. The van der Waals surface area contributed by atoms with Crippen LogP contribution in [0, 0.1) is 19.8 Å². The number of amides is 2. The van der Waals surface area contributed by atoms with E-state index in [0.717, 1.165) is 27.3 Å². The van der Waals surface area contributed by atoms with E-state index in [1.54, 1.807) is 19.1 Å². The average Bonchev–Trinajstić information content (AvgIpc) is 2.75. The molecule has 0 aliphatic heterocycles. The molecule has 0 heterocycles. The van der Waals surface area contributed by atoms with Crippen LogP contribution in [0.4, 0.5) is 5.69 Å². The molecule has 2 amide bonds. The number of nitrogens with zero attached hydrogens (tertiary/aromatic N) is 2. The van der Waals surface area contributed by atoms with Crippen molar-refractivity contribution < 1.29 is 18.0 Å². The maximum atomic E-state index is 13.5. The zero-order chi connectivity index (χ0) is 25.6. The van der Waals surface area contributed by atoms with Crippen molar-refractivity contribution in [3.05, 3.63) is 64.2 Å². The van der Waals surface area contributed by atoms with E-state index in [4.69, 9.17) is 11.6 Å². The zero-order valence-electron chi connectivity index (χ0n) is 20.6. The molecule has 2 aromatic rings. The first-order chi connectivity index (χ1) is 15.8. The molecule has 0 spiro atoms. The van der Waals surface area contributed by atoms with E-state index in [1.807, 2.05) is 52.0 Å². The first-order valence-corrected chi connectivity index (χ1v) is 13.4. The maximum absolute atomic E-state index is 13.5. The largest absolute Gasteiger partial charge is 0.354 e. The predicted octanol–water partition coefficient (Wildman–Crippen LogP) is 3.91. The summed E-state index contributed by atoms with van der Waals surface area (Å²) in [5, 5.41) is 3.26. The quantitative estimate of drug-likeness (QED) is 0.528. The van der Waals surface area contributed by atoms with Gasteiger partial charge in [0.25, 0.3) is 0 Å². The molecule has 0 aliphatic rings. The Hall–Kier alpha value is -2.58. The van der Waals surface area contributed by atoms with Gasteiger partial charge in [-0.05, 0) is 55.5 Å². The first kappa shape index (κ1) is 27.7. The fraction of sp³-hybridized carbons (Fsp3) is 0.440. The Morgan fingerprint density at radius 1 is 1.03 bits per heavy atom. The summed E-state index contributed by atoms with van der Waals surface area (Å²) in [5.74, 6) is -0.527. The Balaban J connectivity index is 2.40. The van der Waals surface area contributed by atoms with Crippen LogP contribution in [0.5, 0.6) is 0 Å². The third-order valence-corrected chi connectivity index (χ3v) is 7.12. The number of hydrogen-bond acceptors (Lipinski definition) is 4. The van der Waals surface area contributed by atoms with Crippen molar-refractivity contribution >= 4 is 39.1 Å². The van der Waals surface area contributed by atoms with Gasteiger partial charge in [-0.2, -0.15) is 0 Å². The number of rotatable bonds is 10. The number of halogens is 1. The van der Waals surface area contributed by atoms with Gasteiger partial charge in [0.1, 0.15) is 12.6 Å². The highest BCUT2D eigenvalue weighted by atomic mass is 35.5. The molecule has 1 unspecified atom stereocenters. The van der Waals surface area contributed by atoms with Crippen molar-refractivity contribution in [2.75, 3.05) is 23.7 Å². The highest BCUT2D eigenvalue weighted by molar-refractivity contribution is 7.92. The molecule has 0 bridgehead atoms. The van der Waals surface area contributed by atoms with E-state index in [2.05, 4.69) is 5.32 Å². The van der Waals surface area contributed by atoms with Gasteiger partial charge < -0.3 is 10.2 Å². The lowest BCUT2D eigenvalue weighted by atomic mass is 10.1. The molecule has 0 fully saturated rings. The van der Waals surface area contributed by atoms with Crippen LogP contribution in [0.15, 0.2) is 42.5 Å². The van der Waals surface area contributed by atoms with Gasteiger partial charge in [0.2, 0.25) is 21.8 Å². The lowest BCUT2D eigenvalue weighted by Crippen LogP contribution is -2.51. The van der Waals surface area contributed by atoms with Crippen molar-refractivity contribution in [2.45, 2.75) is 47.2 Å². The third-order valence-electron chi connectivity index (χ3n) is 5.58. The summed E-state index contributed by atoms with van der Waals surface area (Å²) in [7, 11) is -3.80. The van der Waals surface area contributed by atoms with Crippen LogP contribution in [-0.2, 0) is 26.2 Å². The highest BCUT2D eigenvalue weighted by Crippen LogP contribution is 2.25. The maximum Gasteiger partial charge on any atom is 0.244 e. The summed E-state index contributed by atoms with van der Waals surface area (Å²) < 4.78 is 26.2. The fourth-order valence-corrected chi connectivity index (χ4v) is 4.37. The Morgan fingerprint density at radius 2 is 1.68 bits per heavy atom. The fourth-order valence-electron chi connectivity index (χ4n) is 3.36. The number of carbonyl (C=O) groups is 2. The van der Waals surface area contributed by atoms with Crippen LogP contribution < -0.4 is 9.62 Å². The van der Waals surface area contributed by atoms with Crippen LogP contribution in [-0.4, -0.2) is 50.5 Å². The van der Waals surface area contributed by atoms with E-state index in [1.165, 1.54) is 11.0 Å². The molecule has 2 aromatic carbocycles. The number of sulfonamides is 1. The Bertz CT molecular complexity index is 1130. The summed E-state index contributed by atoms with van der Waals surface area (Å²) in [4.78, 5) is 27.8. The van der Waals surface area contributed by atoms with Gasteiger partial charge in [0, 0.05) is 18.1 Å². The van der Waals surface area contributed by atoms with Gasteiger partial charge in [-0.1, -0.05) is 55.8 Å². The molecule has 0 radical (unpaired) electrons.